The van der Waals surface area contributed by atoms with Crippen molar-refractivity contribution in [2.24, 2.45) is 5.73 Å². The van der Waals surface area contributed by atoms with Crippen molar-refractivity contribution in [1.82, 2.24) is 4.98 Å². The molecule has 2 aromatic rings. The summed E-state index contributed by atoms with van der Waals surface area (Å²) >= 11 is 5.01. The Labute approximate surface area is 110 Å². The molecule has 92 valence electrons. The number of rotatable bonds is 3. The fourth-order valence-electron chi connectivity index (χ4n) is 1.66. The van der Waals surface area contributed by atoms with Gasteiger partial charge in [-0.2, -0.15) is 0 Å². The van der Waals surface area contributed by atoms with E-state index in [1.807, 2.05) is 36.2 Å². The van der Waals surface area contributed by atoms with E-state index in [0.29, 0.717) is 10.8 Å². The van der Waals surface area contributed by atoms with E-state index in [0.717, 1.165) is 11.3 Å². The fraction of sp³-hybridized carbons (Fsp3) is 0.0769. The van der Waals surface area contributed by atoms with E-state index in [4.69, 9.17) is 18.0 Å². The number of halogens is 1. The second-order valence-corrected chi connectivity index (χ2v) is 4.21. The Hall–Kier alpha value is -2.01. The van der Waals surface area contributed by atoms with E-state index in [1.54, 1.807) is 6.07 Å². The van der Waals surface area contributed by atoms with Crippen LogP contribution in [0, 0.1) is 5.82 Å². The van der Waals surface area contributed by atoms with Crippen molar-refractivity contribution in [3.8, 4) is 0 Å². The van der Waals surface area contributed by atoms with Crippen molar-refractivity contribution < 1.29 is 4.39 Å². The summed E-state index contributed by atoms with van der Waals surface area (Å²) in [6.07, 6.45) is 1.18. The van der Waals surface area contributed by atoms with Crippen LogP contribution in [0.15, 0.2) is 42.6 Å². The van der Waals surface area contributed by atoms with Crippen LogP contribution in [0.25, 0.3) is 0 Å². The molecule has 1 heterocycles. The number of nitrogens with zero attached hydrogens (tertiary/aromatic N) is 2. The van der Waals surface area contributed by atoms with E-state index >= 15 is 0 Å². The van der Waals surface area contributed by atoms with E-state index < -0.39 is 0 Å². The smallest absolute Gasteiger partial charge is 0.141 e. The summed E-state index contributed by atoms with van der Waals surface area (Å²) in [5, 5.41) is 0. The van der Waals surface area contributed by atoms with Crippen molar-refractivity contribution in [2.75, 3.05) is 11.9 Å². The van der Waals surface area contributed by atoms with Crippen molar-refractivity contribution in [1.29, 1.82) is 0 Å². The number of nitrogens with two attached hydrogens (primary N) is 1. The van der Waals surface area contributed by atoms with Crippen LogP contribution in [0.1, 0.15) is 5.56 Å². The van der Waals surface area contributed by atoms with Gasteiger partial charge in [-0.3, -0.25) is 0 Å². The number of thiocarbonyl (C=S) groups is 1. The van der Waals surface area contributed by atoms with Crippen LogP contribution in [-0.2, 0) is 0 Å². The molecule has 2 rings (SSSR count). The normalized spacial score (nSPS) is 10.1. The SMILES string of the molecule is CN(c1ccc(F)cn1)c1ccccc1C(N)=S. The first-order valence-corrected chi connectivity index (χ1v) is 5.74. The van der Waals surface area contributed by atoms with Crippen LogP contribution in [-0.4, -0.2) is 17.0 Å². The molecule has 0 aliphatic rings. The summed E-state index contributed by atoms with van der Waals surface area (Å²) in [4.78, 5) is 6.15. The first kappa shape index (κ1) is 12.4. The first-order valence-electron chi connectivity index (χ1n) is 5.33. The zero-order valence-electron chi connectivity index (χ0n) is 9.80. The summed E-state index contributed by atoms with van der Waals surface area (Å²) in [7, 11) is 1.83. The fourth-order valence-corrected chi connectivity index (χ4v) is 1.84. The van der Waals surface area contributed by atoms with Crippen LogP contribution in [0.3, 0.4) is 0 Å². The van der Waals surface area contributed by atoms with Crippen molar-refractivity contribution in [3.05, 3.63) is 54.0 Å². The highest BCUT2D eigenvalue weighted by Gasteiger charge is 2.11. The van der Waals surface area contributed by atoms with Crippen LogP contribution < -0.4 is 10.6 Å². The number of pyridine rings is 1. The maximum atomic E-state index is 12.8. The van der Waals surface area contributed by atoms with Gasteiger partial charge in [0.2, 0.25) is 0 Å². The minimum Gasteiger partial charge on any atom is -0.389 e. The number of hydrogen-bond acceptors (Lipinski definition) is 3. The Morgan fingerprint density at radius 1 is 1.28 bits per heavy atom. The van der Waals surface area contributed by atoms with E-state index in [-0.39, 0.29) is 5.82 Å². The summed E-state index contributed by atoms with van der Waals surface area (Å²) < 4.78 is 12.8. The third-order valence-electron chi connectivity index (χ3n) is 2.59. The number of hydrogen-bond donors (Lipinski definition) is 1. The summed E-state index contributed by atoms with van der Waals surface area (Å²) in [6.45, 7) is 0. The maximum Gasteiger partial charge on any atom is 0.141 e. The number of anilines is 2. The monoisotopic (exact) mass is 261 g/mol. The molecule has 0 radical (unpaired) electrons. The van der Waals surface area contributed by atoms with Gasteiger partial charge in [-0.25, -0.2) is 9.37 Å². The lowest BCUT2D eigenvalue weighted by Crippen LogP contribution is -2.18. The Kier molecular flexibility index (Phi) is 3.53. The first-order chi connectivity index (χ1) is 8.59. The Bertz CT molecular complexity index is 569. The average molecular weight is 261 g/mol. The highest BCUT2D eigenvalue weighted by molar-refractivity contribution is 7.80. The van der Waals surface area contributed by atoms with Gasteiger partial charge in [0.1, 0.15) is 16.6 Å². The zero-order valence-corrected chi connectivity index (χ0v) is 10.6. The van der Waals surface area contributed by atoms with Crippen LogP contribution >= 0.6 is 12.2 Å². The van der Waals surface area contributed by atoms with Crippen molar-refractivity contribution >= 4 is 28.7 Å². The molecule has 0 saturated carbocycles. The van der Waals surface area contributed by atoms with Gasteiger partial charge in [-0.1, -0.05) is 24.4 Å². The molecule has 0 atom stereocenters. The number of benzene rings is 1. The minimum atomic E-state index is -0.366. The van der Waals surface area contributed by atoms with Crippen molar-refractivity contribution in [2.45, 2.75) is 0 Å². The lowest BCUT2D eigenvalue weighted by molar-refractivity contribution is 0.621. The summed E-state index contributed by atoms with van der Waals surface area (Å²) in [6, 6.07) is 10.5. The maximum absolute atomic E-state index is 12.8. The quantitative estimate of drug-likeness (QED) is 0.862. The van der Waals surface area contributed by atoms with Gasteiger partial charge in [-0.05, 0) is 24.3 Å². The van der Waals surface area contributed by atoms with Crippen molar-refractivity contribution in [3.63, 3.8) is 0 Å². The van der Waals surface area contributed by atoms with Gasteiger partial charge in [-0.15, -0.1) is 0 Å². The lowest BCUT2D eigenvalue weighted by Gasteiger charge is -2.21. The predicted octanol–water partition coefficient (Wildman–Crippen LogP) is 2.62. The second kappa shape index (κ2) is 5.10. The van der Waals surface area contributed by atoms with Gasteiger partial charge >= 0.3 is 0 Å². The number of aromatic nitrogens is 1. The highest BCUT2D eigenvalue weighted by atomic mass is 32.1. The number of para-hydroxylation sites is 1. The van der Waals surface area contributed by atoms with Crippen LogP contribution in [0.4, 0.5) is 15.9 Å². The molecular weight excluding hydrogens is 249 g/mol. The average Bonchev–Trinajstić information content (AvgIpc) is 2.39. The molecule has 1 aromatic carbocycles. The Balaban J connectivity index is 2.42. The zero-order chi connectivity index (χ0) is 13.1. The highest BCUT2D eigenvalue weighted by Crippen LogP contribution is 2.25. The Morgan fingerprint density at radius 3 is 2.61 bits per heavy atom. The molecule has 5 heteroatoms. The molecule has 18 heavy (non-hydrogen) atoms. The van der Waals surface area contributed by atoms with Gasteiger partial charge in [0, 0.05) is 12.6 Å². The van der Waals surface area contributed by atoms with Gasteiger partial charge in [0.25, 0.3) is 0 Å². The molecule has 1 aromatic heterocycles. The summed E-state index contributed by atoms with van der Waals surface area (Å²) in [5.41, 5.74) is 7.28. The molecule has 0 bridgehead atoms. The van der Waals surface area contributed by atoms with E-state index in [1.165, 1.54) is 12.3 Å². The lowest BCUT2D eigenvalue weighted by atomic mass is 10.1. The van der Waals surface area contributed by atoms with E-state index in [9.17, 15) is 4.39 Å². The standard InChI is InChI=1S/C13H12FN3S/c1-17(12-7-6-9(14)8-16-12)11-5-3-2-4-10(11)13(15)18/h2-8H,1H3,(H2,15,18). The molecule has 0 unspecified atom stereocenters. The van der Waals surface area contributed by atoms with E-state index in [2.05, 4.69) is 4.98 Å². The van der Waals surface area contributed by atoms with Crippen LogP contribution in [0.5, 0.6) is 0 Å². The summed E-state index contributed by atoms with van der Waals surface area (Å²) in [5.74, 6) is 0.259. The van der Waals surface area contributed by atoms with Gasteiger partial charge in [0.15, 0.2) is 0 Å². The Morgan fingerprint density at radius 2 is 2.00 bits per heavy atom. The molecule has 2 N–H and O–H groups in total. The minimum absolute atomic E-state index is 0.319. The largest absolute Gasteiger partial charge is 0.389 e. The van der Waals surface area contributed by atoms with Gasteiger partial charge in [0.05, 0.1) is 11.9 Å². The third-order valence-corrected chi connectivity index (χ3v) is 2.81. The second-order valence-electron chi connectivity index (χ2n) is 3.78. The molecular formula is C13H12FN3S. The molecule has 0 aliphatic heterocycles. The molecule has 0 aliphatic carbocycles. The molecule has 0 amide bonds. The molecule has 0 spiro atoms. The third kappa shape index (κ3) is 2.46. The molecule has 0 fully saturated rings. The predicted molar refractivity (Wildman–Crippen MR) is 74.6 cm³/mol. The topological polar surface area (TPSA) is 42.2 Å². The molecule has 3 nitrogen and oxygen atoms in total. The van der Waals surface area contributed by atoms with Gasteiger partial charge < -0.3 is 10.6 Å². The van der Waals surface area contributed by atoms with Crippen LogP contribution in [0.2, 0.25) is 0 Å². The molecule has 0 saturated heterocycles.